The second-order valence-electron chi connectivity index (χ2n) is 4.34. The minimum Gasteiger partial charge on any atom is -0.479 e. The maximum atomic E-state index is 12.1. The third-order valence-corrected chi connectivity index (χ3v) is 2.91. The van der Waals surface area contributed by atoms with Gasteiger partial charge in [0.1, 0.15) is 0 Å². The van der Waals surface area contributed by atoms with Crippen LogP contribution in [0.2, 0.25) is 0 Å². The summed E-state index contributed by atoms with van der Waals surface area (Å²) in [4.78, 5) is 23.4. The van der Waals surface area contributed by atoms with Crippen molar-refractivity contribution in [1.29, 1.82) is 0 Å². The Hall–Kier alpha value is -2.62. The molecule has 1 aromatic rings. The number of aliphatic carboxylic acids is 1. The van der Waals surface area contributed by atoms with E-state index in [1.54, 1.807) is 48.6 Å². The number of carboxylic acids is 1. The molecule has 1 aliphatic rings. The van der Waals surface area contributed by atoms with Crippen molar-refractivity contribution in [2.45, 2.75) is 12.5 Å². The number of nitrogens with one attached hydrogen (secondary N) is 1. The zero-order valence-corrected chi connectivity index (χ0v) is 10.8. The van der Waals surface area contributed by atoms with Gasteiger partial charge in [-0.1, -0.05) is 54.6 Å². The smallest absolute Gasteiger partial charge is 0.330 e. The van der Waals surface area contributed by atoms with Crippen molar-refractivity contribution < 1.29 is 14.7 Å². The van der Waals surface area contributed by atoms with Crippen LogP contribution < -0.4 is 5.32 Å². The van der Waals surface area contributed by atoms with Crippen molar-refractivity contribution in [3.63, 3.8) is 0 Å². The number of hydrogen-bond donors (Lipinski definition) is 2. The molecule has 1 aromatic carbocycles. The first-order chi connectivity index (χ1) is 9.68. The van der Waals surface area contributed by atoms with Gasteiger partial charge < -0.3 is 10.4 Å². The van der Waals surface area contributed by atoms with Crippen LogP contribution in [0.1, 0.15) is 18.0 Å². The van der Waals surface area contributed by atoms with Crippen LogP contribution in [0.3, 0.4) is 0 Å². The molecule has 20 heavy (non-hydrogen) atoms. The first kappa shape index (κ1) is 13.8. The van der Waals surface area contributed by atoms with Crippen molar-refractivity contribution >= 4 is 11.9 Å². The highest BCUT2D eigenvalue weighted by Crippen LogP contribution is 2.14. The lowest BCUT2D eigenvalue weighted by Crippen LogP contribution is -2.34. The molecule has 0 unspecified atom stereocenters. The second kappa shape index (κ2) is 6.52. The zero-order valence-electron chi connectivity index (χ0n) is 10.8. The summed E-state index contributed by atoms with van der Waals surface area (Å²) in [5.41, 5.74) is 1.02. The van der Waals surface area contributed by atoms with Crippen LogP contribution in [0.5, 0.6) is 0 Å². The Morgan fingerprint density at radius 1 is 1.15 bits per heavy atom. The quantitative estimate of drug-likeness (QED) is 0.881. The van der Waals surface area contributed by atoms with Crippen LogP contribution in [0.4, 0.5) is 0 Å². The normalized spacial score (nSPS) is 15.1. The monoisotopic (exact) mass is 269 g/mol. The summed E-state index contributed by atoms with van der Waals surface area (Å²) < 4.78 is 0. The first-order valence-corrected chi connectivity index (χ1v) is 6.30. The standard InChI is InChI=1S/C16H15NO3/c18-15(13-10-4-1-2-5-11-13)17-14(16(19)20)12-8-6-3-7-9-12/h1-4,6-11,14H,5H2,(H,17,18)(H,19,20)/t14-/m0/s1. The van der Waals surface area contributed by atoms with Gasteiger partial charge in [-0.05, 0) is 18.1 Å². The number of rotatable bonds is 4. The van der Waals surface area contributed by atoms with E-state index in [1.807, 2.05) is 12.2 Å². The first-order valence-electron chi connectivity index (χ1n) is 6.30. The van der Waals surface area contributed by atoms with E-state index in [1.165, 1.54) is 0 Å². The summed E-state index contributed by atoms with van der Waals surface area (Å²) in [5, 5.41) is 11.8. The lowest BCUT2D eigenvalue weighted by Gasteiger charge is -2.15. The lowest BCUT2D eigenvalue weighted by molar-refractivity contribution is -0.141. The number of amides is 1. The molecule has 2 N–H and O–H groups in total. The highest BCUT2D eigenvalue weighted by atomic mass is 16.4. The van der Waals surface area contributed by atoms with Crippen LogP contribution >= 0.6 is 0 Å². The number of allylic oxidation sites excluding steroid dienone is 4. The van der Waals surface area contributed by atoms with Gasteiger partial charge in [0.25, 0.3) is 5.91 Å². The van der Waals surface area contributed by atoms with Gasteiger partial charge in [-0.15, -0.1) is 0 Å². The molecule has 1 amide bonds. The van der Waals surface area contributed by atoms with Gasteiger partial charge in [-0.2, -0.15) is 0 Å². The summed E-state index contributed by atoms with van der Waals surface area (Å²) in [5.74, 6) is -1.47. The fraction of sp³-hybridized carbons (Fsp3) is 0.125. The van der Waals surface area contributed by atoms with Crippen LogP contribution in [0.15, 0.2) is 66.3 Å². The van der Waals surface area contributed by atoms with Gasteiger partial charge in [0, 0.05) is 5.57 Å². The molecule has 0 aliphatic heterocycles. The Balaban J connectivity index is 2.15. The molecule has 0 saturated heterocycles. The van der Waals surface area contributed by atoms with Gasteiger partial charge in [0.05, 0.1) is 0 Å². The van der Waals surface area contributed by atoms with E-state index >= 15 is 0 Å². The van der Waals surface area contributed by atoms with E-state index < -0.39 is 12.0 Å². The highest BCUT2D eigenvalue weighted by Gasteiger charge is 2.22. The number of carbonyl (C=O) groups is 2. The molecule has 4 nitrogen and oxygen atoms in total. The Labute approximate surface area is 117 Å². The molecule has 0 fully saturated rings. The Bertz CT molecular complexity index is 585. The average molecular weight is 269 g/mol. The summed E-state index contributed by atoms with van der Waals surface area (Å²) >= 11 is 0. The summed E-state index contributed by atoms with van der Waals surface area (Å²) in [6.45, 7) is 0. The Morgan fingerprint density at radius 3 is 2.60 bits per heavy atom. The van der Waals surface area contributed by atoms with E-state index in [4.69, 9.17) is 0 Å². The zero-order chi connectivity index (χ0) is 14.4. The summed E-state index contributed by atoms with van der Waals surface area (Å²) in [7, 11) is 0. The minimum atomic E-state index is -1.08. The van der Waals surface area contributed by atoms with Crippen molar-refractivity contribution in [2.75, 3.05) is 0 Å². The minimum absolute atomic E-state index is 0.388. The van der Waals surface area contributed by atoms with Crippen LogP contribution in [-0.4, -0.2) is 17.0 Å². The van der Waals surface area contributed by atoms with Crippen molar-refractivity contribution in [2.24, 2.45) is 0 Å². The molecular weight excluding hydrogens is 254 g/mol. The predicted octanol–water partition coefficient (Wildman–Crippen LogP) is 2.37. The van der Waals surface area contributed by atoms with Gasteiger partial charge in [0.15, 0.2) is 6.04 Å². The molecule has 2 rings (SSSR count). The molecule has 0 aromatic heterocycles. The van der Waals surface area contributed by atoms with Gasteiger partial charge in [-0.3, -0.25) is 4.79 Å². The van der Waals surface area contributed by atoms with Crippen molar-refractivity contribution in [3.8, 4) is 0 Å². The van der Waals surface area contributed by atoms with E-state index in [2.05, 4.69) is 5.32 Å². The third kappa shape index (κ3) is 3.45. The topological polar surface area (TPSA) is 66.4 Å². The molecule has 0 heterocycles. The molecule has 0 spiro atoms. The third-order valence-electron chi connectivity index (χ3n) is 2.91. The van der Waals surface area contributed by atoms with Crippen LogP contribution in [-0.2, 0) is 9.59 Å². The maximum absolute atomic E-state index is 12.1. The lowest BCUT2D eigenvalue weighted by atomic mass is 10.1. The predicted molar refractivity (Wildman–Crippen MR) is 75.9 cm³/mol. The summed E-state index contributed by atoms with van der Waals surface area (Å²) in [6, 6.07) is 7.59. The molecule has 0 bridgehead atoms. The fourth-order valence-corrected chi connectivity index (χ4v) is 1.90. The van der Waals surface area contributed by atoms with Crippen molar-refractivity contribution in [1.82, 2.24) is 5.32 Å². The van der Waals surface area contributed by atoms with E-state index in [0.29, 0.717) is 17.6 Å². The van der Waals surface area contributed by atoms with Gasteiger partial charge in [-0.25, -0.2) is 4.79 Å². The number of carboxylic acid groups (broad SMARTS) is 1. The van der Waals surface area contributed by atoms with Crippen LogP contribution in [0.25, 0.3) is 0 Å². The van der Waals surface area contributed by atoms with E-state index in [0.717, 1.165) is 0 Å². The molecule has 4 heteroatoms. The molecule has 0 radical (unpaired) electrons. The Morgan fingerprint density at radius 2 is 1.90 bits per heavy atom. The highest BCUT2D eigenvalue weighted by molar-refractivity contribution is 5.98. The molecule has 1 aliphatic carbocycles. The molecule has 0 saturated carbocycles. The van der Waals surface area contributed by atoms with Gasteiger partial charge >= 0.3 is 5.97 Å². The van der Waals surface area contributed by atoms with E-state index in [-0.39, 0.29) is 5.91 Å². The molecule has 102 valence electrons. The number of hydrogen-bond acceptors (Lipinski definition) is 2. The largest absolute Gasteiger partial charge is 0.479 e. The van der Waals surface area contributed by atoms with Crippen molar-refractivity contribution in [3.05, 3.63) is 71.8 Å². The SMILES string of the molecule is O=C(N[C@H](C(=O)O)c1ccccc1)C1=CCC=CC=C1. The molecular formula is C16H15NO3. The van der Waals surface area contributed by atoms with Gasteiger partial charge in [0.2, 0.25) is 0 Å². The average Bonchev–Trinajstić information content (AvgIpc) is 2.74. The van der Waals surface area contributed by atoms with Crippen LogP contribution in [0, 0.1) is 0 Å². The number of benzene rings is 1. The maximum Gasteiger partial charge on any atom is 0.330 e. The fourth-order valence-electron chi connectivity index (χ4n) is 1.90. The Kier molecular flexibility index (Phi) is 4.50. The second-order valence-corrected chi connectivity index (χ2v) is 4.34. The molecule has 1 atom stereocenters. The number of carbonyl (C=O) groups excluding carboxylic acids is 1. The summed E-state index contributed by atoms with van der Waals surface area (Å²) in [6.07, 6.45) is 9.61. The van der Waals surface area contributed by atoms with E-state index in [9.17, 15) is 14.7 Å².